The lowest BCUT2D eigenvalue weighted by molar-refractivity contribution is 0.407. The Kier molecular flexibility index (Phi) is 5.08. The lowest BCUT2D eigenvalue weighted by Crippen LogP contribution is -2.11. The van der Waals surface area contributed by atoms with Crippen molar-refractivity contribution in [3.05, 3.63) is 58.6 Å². The molecule has 0 unspecified atom stereocenters. The number of sulfonamides is 1. The normalized spacial score (nSPS) is 21.4. The molecule has 26 heavy (non-hydrogen) atoms. The quantitative estimate of drug-likeness (QED) is 0.792. The van der Waals surface area contributed by atoms with E-state index < -0.39 is 10.0 Å². The summed E-state index contributed by atoms with van der Waals surface area (Å²) in [4.78, 5) is 0.153. The van der Waals surface area contributed by atoms with E-state index in [1.807, 2.05) is 30.3 Å². The molecule has 0 bridgehead atoms. The van der Waals surface area contributed by atoms with Crippen LogP contribution in [0.3, 0.4) is 0 Å². The van der Waals surface area contributed by atoms with Gasteiger partial charge in [-0.1, -0.05) is 37.6 Å². The van der Waals surface area contributed by atoms with Crippen molar-refractivity contribution in [2.45, 2.75) is 37.5 Å². The van der Waals surface area contributed by atoms with Gasteiger partial charge in [0.25, 0.3) is 0 Å². The van der Waals surface area contributed by atoms with Crippen molar-refractivity contribution in [1.29, 1.82) is 0 Å². The lowest BCUT2D eigenvalue weighted by atomic mass is 10.0. The molecule has 140 valence electrons. The first kappa shape index (κ1) is 19.2. The zero-order chi connectivity index (χ0) is 19.1. The van der Waals surface area contributed by atoms with E-state index in [-0.39, 0.29) is 10.3 Å². The fraction of sp³-hybridized carbons (Fsp3) is 0.400. The Morgan fingerprint density at radius 2 is 1.81 bits per heavy atom. The summed E-state index contributed by atoms with van der Waals surface area (Å²) in [6.45, 7) is 4.51. The van der Waals surface area contributed by atoms with Gasteiger partial charge in [0.05, 0.1) is 12.0 Å². The Balaban J connectivity index is 1.73. The summed E-state index contributed by atoms with van der Waals surface area (Å²) in [5.41, 5.74) is 2.45. The number of hydrogen-bond acceptors (Lipinski definition) is 3. The van der Waals surface area contributed by atoms with Crippen LogP contribution in [-0.2, 0) is 16.4 Å². The Hall–Kier alpha value is -1.56. The molecule has 1 aliphatic rings. The summed E-state index contributed by atoms with van der Waals surface area (Å²) in [6, 6.07) is 12.6. The number of halogens is 1. The molecule has 3 rings (SSSR count). The average molecular weight is 394 g/mol. The van der Waals surface area contributed by atoms with Crippen molar-refractivity contribution in [2.75, 3.05) is 7.11 Å². The van der Waals surface area contributed by atoms with Gasteiger partial charge in [-0.2, -0.15) is 0 Å². The number of hydrogen-bond donors (Lipinski definition) is 1. The lowest BCUT2D eigenvalue weighted by Gasteiger charge is -2.09. The summed E-state index contributed by atoms with van der Waals surface area (Å²) in [5.74, 6) is 1.79. The standard InChI is InChI=1S/C20H24ClNO3S/c1-20(2)17(10-6-14-12-15(21)7-11-18(14)25-3)19(20)13-4-8-16(9-5-13)26(22,23)24/h4-5,7-9,11-12,17,19H,6,10H2,1-3H3,(H2,22,23,24)/t17-,19-/m0/s1. The fourth-order valence-electron chi connectivity index (χ4n) is 4.06. The third kappa shape index (κ3) is 3.75. The minimum absolute atomic E-state index is 0.153. The van der Waals surface area contributed by atoms with E-state index in [2.05, 4.69) is 13.8 Å². The molecule has 1 fully saturated rings. The molecule has 0 amide bonds. The maximum Gasteiger partial charge on any atom is 0.238 e. The van der Waals surface area contributed by atoms with E-state index >= 15 is 0 Å². The van der Waals surface area contributed by atoms with Crippen molar-refractivity contribution in [2.24, 2.45) is 16.5 Å². The molecule has 0 aliphatic heterocycles. The highest BCUT2D eigenvalue weighted by atomic mass is 35.5. The number of nitrogens with two attached hydrogens (primary N) is 1. The van der Waals surface area contributed by atoms with Crippen LogP contribution < -0.4 is 9.88 Å². The molecular formula is C20H24ClNO3S. The third-order valence-electron chi connectivity index (χ3n) is 5.59. The van der Waals surface area contributed by atoms with Gasteiger partial charge in [0.1, 0.15) is 5.75 Å². The van der Waals surface area contributed by atoms with E-state index in [4.69, 9.17) is 21.5 Å². The molecule has 0 saturated heterocycles. The molecule has 4 nitrogen and oxygen atoms in total. The van der Waals surface area contributed by atoms with Crippen molar-refractivity contribution in [3.63, 3.8) is 0 Å². The Labute approximate surface area is 160 Å². The van der Waals surface area contributed by atoms with Gasteiger partial charge in [0.2, 0.25) is 10.0 Å². The summed E-state index contributed by atoms with van der Waals surface area (Å²) < 4.78 is 28.3. The van der Waals surface area contributed by atoms with Gasteiger partial charge in [-0.15, -0.1) is 0 Å². The molecule has 1 aliphatic carbocycles. The van der Waals surface area contributed by atoms with Gasteiger partial charge in [0.15, 0.2) is 0 Å². The maximum absolute atomic E-state index is 11.4. The minimum atomic E-state index is -3.65. The predicted octanol–water partition coefficient (Wildman–Crippen LogP) is 4.37. The van der Waals surface area contributed by atoms with Crippen LogP contribution >= 0.6 is 11.6 Å². The second-order valence-corrected chi connectivity index (χ2v) is 9.51. The van der Waals surface area contributed by atoms with Crippen molar-refractivity contribution < 1.29 is 13.2 Å². The van der Waals surface area contributed by atoms with Gasteiger partial charge in [-0.05, 0) is 71.6 Å². The van der Waals surface area contributed by atoms with E-state index in [0.29, 0.717) is 16.9 Å². The molecule has 1 saturated carbocycles. The molecule has 2 aromatic rings. The summed E-state index contributed by atoms with van der Waals surface area (Å²) in [5, 5.41) is 5.89. The van der Waals surface area contributed by atoms with Crippen LogP contribution in [0.1, 0.15) is 37.3 Å². The monoisotopic (exact) mass is 393 g/mol. The molecule has 0 radical (unpaired) electrons. The van der Waals surface area contributed by atoms with Crippen molar-refractivity contribution >= 4 is 21.6 Å². The fourth-order valence-corrected chi connectivity index (χ4v) is 4.77. The number of primary sulfonamides is 1. The minimum Gasteiger partial charge on any atom is -0.496 e. The second kappa shape index (κ2) is 6.87. The number of methoxy groups -OCH3 is 1. The van der Waals surface area contributed by atoms with Crippen LogP contribution in [-0.4, -0.2) is 15.5 Å². The maximum atomic E-state index is 11.4. The van der Waals surface area contributed by atoms with E-state index in [0.717, 1.165) is 29.7 Å². The van der Waals surface area contributed by atoms with Gasteiger partial charge >= 0.3 is 0 Å². The molecule has 0 aromatic heterocycles. The van der Waals surface area contributed by atoms with Gasteiger partial charge in [-0.3, -0.25) is 0 Å². The SMILES string of the molecule is COc1ccc(Cl)cc1CC[C@H]1[C@H](c2ccc(S(N)(=O)=O)cc2)C1(C)C. The highest BCUT2D eigenvalue weighted by molar-refractivity contribution is 7.89. The Bertz CT molecular complexity index is 907. The number of ether oxygens (including phenoxy) is 1. The van der Waals surface area contributed by atoms with Gasteiger partial charge < -0.3 is 4.74 Å². The molecule has 6 heteroatoms. The molecule has 2 aromatic carbocycles. The molecular weight excluding hydrogens is 370 g/mol. The Morgan fingerprint density at radius 1 is 1.15 bits per heavy atom. The van der Waals surface area contributed by atoms with Crippen molar-refractivity contribution in [1.82, 2.24) is 0 Å². The number of aryl methyl sites for hydroxylation is 1. The molecule has 2 N–H and O–H groups in total. The van der Waals surface area contributed by atoms with Crippen LogP contribution in [0.25, 0.3) is 0 Å². The van der Waals surface area contributed by atoms with Crippen LogP contribution in [0.2, 0.25) is 5.02 Å². The second-order valence-electron chi connectivity index (χ2n) is 7.51. The van der Waals surface area contributed by atoms with Crippen LogP contribution in [0.4, 0.5) is 0 Å². The van der Waals surface area contributed by atoms with Gasteiger partial charge in [0, 0.05) is 5.02 Å². The molecule has 2 atom stereocenters. The first-order chi connectivity index (χ1) is 12.1. The summed E-state index contributed by atoms with van der Waals surface area (Å²) in [6.07, 6.45) is 1.91. The number of benzene rings is 2. The highest BCUT2D eigenvalue weighted by Crippen LogP contribution is 2.66. The summed E-state index contributed by atoms with van der Waals surface area (Å²) in [7, 11) is -1.98. The third-order valence-corrected chi connectivity index (χ3v) is 6.75. The number of rotatable bonds is 6. The first-order valence-corrected chi connectivity index (χ1v) is 10.5. The first-order valence-electron chi connectivity index (χ1n) is 8.60. The van der Waals surface area contributed by atoms with E-state index in [1.54, 1.807) is 19.2 Å². The topological polar surface area (TPSA) is 69.4 Å². The van der Waals surface area contributed by atoms with E-state index in [9.17, 15) is 8.42 Å². The van der Waals surface area contributed by atoms with Crippen LogP contribution in [0, 0.1) is 11.3 Å². The van der Waals surface area contributed by atoms with Crippen LogP contribution in [0.5, 0.6) is 5.75 Å². The highest BCUT2D eigenvalue weighted by Gasteiger charge is 2.57. The van der Waals surface area contributed by atoms with Crippen LogP contribution in [0.15, 0.2) is 47.4 Å². The summed E-state index contributed by atoms with van der Waals surface area (Å²) >= 11 is 6.12. The van der Waals surface area contributed by atoms with E-state index in [1.165, 1.54) is 0 Å². The smallest absolute Gasteiger partial charge is 0.238 e. The van der Waals surface area contributed by atoms with Gasteiger partial charge in [-0.25, -0.2) is 13.6 Å². The zero-order valence-electron chi connectivity index (χ0n) is 15.2. The average Bonchev–Trinajstić information content (AvgIpc) is 3.13. The zero-order valence-corrected chi connectivity index (χ0v) is 16.8. The predicted molar refractivity (Wildman–Crippen MR) is 104 cm³/mol. The molecule has 0 spiro atoms. The largest absolute Gasteiger partial charge is 0.496 e. The Morgan fingerprint density at radius 3 is 2.38 bits per heavy atom. The van der Waals surface area contributed by atoms with Crippen molar-refractivity contribution in [3.8, 4) is 5.75 Å². The molecule has 0 heterocycles.